The quantitative estimate of drug-likeness (QED) is 0.426. The number of rotatable bonds is 8. The molecular formula is C14H21N3O4. The van der Waals surface area contributed by atoms with Gasteiger partial charge in [0.15, 0.2) is 0 Å². The SMILES string of the molecule is COCCCC(N)C(=O)NCc1cccc([N+](=O)[O-])c1C. The van der Waals surface area contributed by atoms with Crippen LogP contribution in [0.4, 0.5) is 5.69 Å². The smallest absolute Gasteiger partial charge is 0.272 e. The molecule has 0 aliphatic carbocycles. The van der Waals surface area contributed by atoms with E-state index >= 15 is 0 Å². The van der Waals surface area contributed by atoms with E-state index in [1.165, 1.54) is 6.07 Å². The summed E-state index contributed by atoms with van der Waals surface area (Å²) >= 11 is 0. The summed E-state index contributed by atoms with van der Waals surface area (Å²) in [6, 6.07) is 4.19. The molecule has 1 atom stereocenters. The molecule has 0 heterocycles. The molecule has 0 aromatic heterocycles. The summed E-state index contributed by atoms with van der Waals surface area (Å²) in [5, 5.41) is 13.6. The second-order valence-electron chi connectivity index (χ2n) is 4.78. The largest absolute Gasteiger partial charge is 0.385 e. The number of carbonyl (C=O) groups excluding carboxylic acids is 1. The maximum atomic E-state index is 11.8. The lowest BCUT2D eigenvalue weighted by Crippen LogP contribution is -2.40. The van der Waals surface area contributed by atoms with E-state index in [1.807, 2.05) is 0 Å². The predicted molar refractivity (Wildman–Crippen MR) is 78.8 cm³/mol. The van der Waals surface area contributed by atoms with Gasteiger partial charge in [-0.25, -0.2) is 0 Å². The molecule has 0 saturated carbocycles. The Morgan fingerprint density at radius 2 is 2.24 bits per heavy atom. The Labute approximate surface area is 123 Å². The van der Waals surface area contributed by atoms with E-state index in [2.05, 4.69) is 5.32 Å². The first-order chi connectivity index (χ1) is 9.97. The van der Waals surface area contributed by atoms with Gasteiger partial charge in [-0.05, 0) is 25.3 Å². The van der Waals surface area contributed by atoms with E-state index in [-0.39, 0.29) is 18.1 Å². The maximum Gasteiger partial charge on any atom is 0.272 e. The first-order valence-corrected chi connectivity index (χ1v) is 6.72. The molecule has 0 bridgehead atoms. The van der Waals surface area contributed by atoms with Crippen molar-refractivity contribution in [2.24, 2.45) is 5.73 Å². The van der Waals surface area contributed by atoms with Crippen LogP contribution in [0.3, 0.4) is 0 Å². The topological polar surface area (TPSA) is 107 Å². The van der Waals surface area contributed by atoms with Crippen molar-refractivity contribution in [3.8, 4) is 0 Å². The lowest BCUT2D eigenvalue weighted by molar-refractivity contribution is -0.385. The van der Waals surface area contributed by atoms with Gasteiger partial charge in [0.25, 0.3) is 5.69 Å². The molecule has 1 aromatic carbocycles. The van der Waals surface area contributed by atoms with Crippen LogP contribution < -0.4 is 11.1 Å². The molecule has 0 radical (unpaired) electrons. The van der Waals surface area contributed by atoms with Crippen LogP contribution in [0.15, 0.2) is 18.2 Å². The van der Waals surface area contributed by atoms with Gasteiger partial charge < -0.3 is 15.8 Å². The van der Waals surface area contributed by atoms with Crippen LogP contribution in [0.5, 0.6) is 0 Å². The highest BCUT2D eigenvalue weighted by Gasteiger charge is 2.16. The summed E-state index contributed by atoms with van der Waals surface area (Å²) in [5.74, 6) is -0.267. The van der Waals surface area contributed by atoms with Crippen molar-refractivity contribution >= 4 is 11.6 Å². The van der Waals surface area contributed by atoms with Gasteiger partial charge in [-0.1, -0.05) is 12.1 Å². The highest BCUT2D eigenvalue weighted by molar-refractivity contribution is 5.81. The fraction of sp³-hybridized carbons (Fsp3) is 0.500. The van der Waals surface area contributed by atoms with Gasteiger partial charge in [-0.15, -0.1) is 0 Å². The van der Waals surface area contributed by atoms with Gasteiger partial charge in [0.1, 0.15) is 0 Å². The Hall–Kier alpha value is -1.99. The fourth-order valence-corrected chi connectivity index (χ4v) is 1.95. The lowest BCUT2D eigenvalue weighted by Gasteiger charge is -2.13. The first-order valence-electron chi connectivity index (χ1n) is 6.72. The Kier molecular flexibility index (Phi) is 6.77. The van der Waals surface area contributed by atoms with Crippen molar-refractivity contribution in [1.82, 2.24) is 5.32 Å². The summed E-state index contributed by atoms with van der Waals surface area (Å²) in [6.45, 7) is 2.45. The number of nitrogens with two attached hydrogens (primary N) is 1. The molecule has 1 amide bonds. The molecule has 0 saturated heterocycles. The second-order valence-corrected chi connectivity index (χ2v) is 4.78. The molecule has 0 aliphatic heterocycles. The Morgan fingerprint density at radius 1 is 1.52 bits per heavy atom. The van der Waals surface area contributed by atoms with Crippen LogP contribution in [0.2, 0.25) is 0 Å². The fourth-order valence-electron chi connectivity index (χ4n) is 1.95. The lowest BCUT2D eigenvalue weighted by atomic mass is 10.1. The number of benzene rings is 1. The summed E-state index contributed by atoms with van der Waals surface area (Å²) in [6.07, 6.45) is 1.24. The molecule has 7 nitrogen and oxygen atoms in total. The molecule has 0 spiro atoms. The van der Waals surface area contributed by atoms with E-state index in [0.29, 0.717) is 30.6 Å². The number of amides is 1. The summed E-state index contributed by atoms with van der Waals surface area (Å²) < 4.78 is 4.90. The third kappa shape index (κ3) is 5.13. The van der Waals surface area contributed by atoms with Crippen LogP contribution in [0.25, 0.3) is 0 Å². The van der Waals surface area contributed by atoms with Crippen LogP contribution in [-0.4, -0.2) is 30.6 Å². The molecule has 1 unspecified atom stereocenters. The normalized spacial score (nSPS) is 12.0. The summed E-state index contributed by atoms with van der Waals surface area (Å²) in [7, 11) is 1.59. The highest BCUT2D eigenvalue weighted by atomic mass is 16.6. The van der Waals surface area contributed by atoms with Gasteiger partial charge in [0, 0.05) is 31.9 Å². The Bertz CT molecular complexity index is 505. The third-order valence-corrected chi connectivity index (χ3v) is 3.27. The monoisotopic (exact) mass is 295 g/mol. The standard InChI is InChI=1S/C14H21N3O4/c1-10-11(5-3-7-13(10)17(19)20)9-16-14(18)12(15)6-4-8-21-2/h3,5,7,12H,4,6,8-9,15H2,1-2H3,(H,16,18). The predicted octanol–water partition coefficient (Wildman–Crippen LogP) is 1.27. The van der Waals surface area contributed by atoms with E-state index in [0.717, 1.165) is 0 Å². The van der Waals surface area contributed by atoms with Crippen molar-refractivity contribution in [1.29, 1.82) is 0 Å². The van der Waals surface area contributed by atoms with Gasteiger partial charge in [-0.2, -0.15) is 0 Å². The number of hydrogen-bond acceptors (Lipinski definition) is 5. The van der Waals surface area contributed by atoms with E-state index in [1.54, 1.807) is 26.2 Å². The zero-order valence-corrected chi connectivity index (χ0v) is 12.3. The van der Waals surface area contributed by atoms with Crippen molar-refractivity contribution < 1.29 is 14.5 Å². The Balaban J connectivity index is 2.57. The number of hydrogen-bond donors (Lipinski definition) is 2. The average Bonchev–Trinajstić information content (AvgIpc) is 2.45. The van der Waals surface area contributed by atoms with Crippen LogP contribution in [-0.2, 0) is 16.1 Å². The van der Waals surface area contributed by atoms with Gasteiger partial charge in [0.2, 0.25) is 5.91 Å². The van der Waals surface area contributed by atoms with Crippen LogP contribution >= 0.6 is 0 Å². The van der Waals surface area contributed by atoms with Crippen LogP contribution in [0, 0.1) is 17.0 Å². The van der Waals surface area contributed by atoms with Crippen molar-refractivity contribution in [3.63, 3.8) is 0 Å². The van der Waals surface area contributed by atoms with Crippen molar-refractivity contribution in [2.45, 2.75) is 32.4 Å². The zero-order chi connectivity index (χ0) is 15.8. The van der Waals surface area contributed by atoms with E-state index in [9.17, 15) is 14.9 Å². The summed E-state index contributed by atoms with van der Waals surface area (Å²) in [5.41, 5.74) is 7.07. The first kappa shape index (κ1) is 17.1. The number of nitrogens with zero attached hydrogens (tertiary/aromatic N) is 1. The number of carbonyl (C=O) groups is 1. The summed E-state index contributed by atoms with van der Waals surface area (Å²) in [4.78, 5) is 22.2. The minimum atomic E-state index is -0.598. The highest BCUT2D eigenvalue weighted by Crippen LogP contribution is 2.20. The average molecular weight is 295 g/mol. The molecule has 21 heavy (non-hydrogen) atoms. The van der Waals surface area contributed by atoms with Gasteiger partial charge in [0.05, 0.1) is 11.0 Å². The molecule has 3 N–H and O–H groups in total. The minimum Gasteiger partial charge on any atom is -0.385 e. The number of nitro benzene ring substituents is 1. The number of ether oxygens (including phenoxy) is 1. The number of nitrogens with one attached hydrogen (secondary N) is 1. The number of methoxy groups -OCH3 is 1. The minimum absolute atomic E-state index is 0.0474. The number of nitro groups is 1. The van der Waals surface area contributed by atoms with Crippen molar-refractivity contribution in [2.75, 3.05) is 13.7 Å². The van der Waals surface area contributed by atoms with Crippen molar-refractivity contribution in [3.05, 3.63) is 39.4 Å². The zero-order valence-electron chi connectivity index (χ0n) is 12.3. The molecule has 1 aromatic rings. The Morgan fingerprint density at radius 3 is 2.86 bits per heavy atom. The molecule has 0 fully saturated rings. The van der Waals surface area contributed by atoms with E-state index in [4.69, 9.17) is 10.5 Å². The van der Waals surface area contributed by atoms with Crippen LogP contribution in [0.1, 0.15) is 24.0 Å². The molecule has 116 valence electrons. The molecule has 0 aliphatic rings. The van der Waals surface area contributed by atoms with E-state index < -0.39 is 11.0 Å². The molecule has 1 rings (SSSR count). The molecule has 7 heteroatoms. The van der Waals surface area contributed by atoms with Gasteiger partial charge in [-0.3, -0.25) is 14.9 Å². The maximum absolute atomic E-state index is 11.8. The third-order valence-electron chi connectivity index (χ3n) is 3.27. The molecular weight excluding hydrogens is 274 g/mol. The van der Waals surface area contributed by atoms with Gasteiger partial charge >= 0.3 is 0 Å². The second kappa shape index (κ2) is 8.33.